The lowest BCUT2D eigenvalue weighted by atomic mass is 10.2. The Bertz CT molecular complexity index is 564. The zero-order valence-electron chi connectivity index (χ0n) is 11.7. The minimum atomic E-state index is -0.111. The number of hydrogen-bond donors (Lipinski definition) is 1. The highest BCUT2D eigenvalue weighted by Gasteiger charge is 2.11. The van der Waals surface area contributed by atoms with Crippen LogP contribution in [-0.2, 0) is 0 Å². The summed E-state index contributed by atoms with van der Waals surface area (Å²) in [5.41, 5.74) is 1.47. The van der Waals surface area contributed by atoms with Crippen molar-refractivity contribution < 1.29 is 9.53 Å². The monoisotopic (exact) mass is 290 g/mol. The van der Waals surface area contributed by atoms with Crippen molar-refractivity contribution in [3.63, 3.8) is 0 Å². The lowest BCUT2D eigenvalue weighted by Gasteiger charge is -2.03. The van der Waals surface area contributed by atoms with Gasteiger partial charge in [0, 0.05) is 17.5 Å². The van der Waals surface area contributed by atoms with E-state index in [4.69, 9.17) is 4.74 Å². The molecule has 1 aromatic heterocycles. The summed E-state index contributed by atoms with van der Waals surface area (Å²) in [6.07, 6.45) is 0.918. The molecule has 0 aliphatic carbocycles. The Labute approximate surface area is 122 Å². The summed E-state index contributed by atoms with van der Waals surface area (Å²) in [6, 6.07) is 7.74. The third-order valence-corrected chi connectivity index (χ3v) is 3.58. The molecular formula is C15H18N2O2S. The molecule has 0 atom stereocenters. The molecule has 0 spiro atoms. The second kappa shape index (κ2) is 7.05. The van der Waals surface area contributed by atoms with E-state index in [1.165, 1.54) is 11.3 Å². The third kappa shape index (κ3) is 3.57. The van der Waals surface area contributed by atoms with Crippen molar-refractivity contribution in [2.75, 3.05) is 13.2 Å². The van der Waals surface area contributed by atoms with Gasteiger partial charge in [-0.2, -0.15) is 0 Å². The maximum absolute atomic E-state index is 11.8. The molecule has 0 fully saturated rings. The number of thiazole rings is 1. The average Bonchev–Trinajstić information content (AvgIpc) is 2.96. The second-order valence-corrected chi connectivity index (χ2v) is 5.11. The highest BCUT2D eigenvalue weighted by atomic mass is 32.1. The van der Waals surface area contributed by atoms with Crippen molar-refractivity contribution in [2.24, 2.45) is 0 Å². The Balaban J connectivity index is 2.09. The summed E-state index contributed by atoms with van der Waals surface area (Å²) in [4.78, 5) is 16.2. The molecule has 2 rings (SSSR count). The van der Waals surface area contributed by atoms with Gasteiger partial charge >= 0.3 is 0 Å². The molecule has 5 heteroatoms. The van der Waals surface area contributed by atoms with Crippen LogP contribution in [0.3, 0.4) is 0 Å². The summed E-state index contributed by atoms with van der Waals surface area (Å²) in [5.74, 6) is 0.731. The zero-order chi connectivity index (χ0) is 14.4. The molecule has 2 aromatic rings. The Kier molecular flexibility index (Phi) is 5.12. The Morgan fingerprint density at radius 3 is 2.70 bits per heavy atom. The van der Waals surface area contributed by atoms with Gasteiger partial charge in [0.05, 0.1) is 6.61 Å². The first-order chi connectivity index (χ1) is 9.74. The van der Waals surface area contributed by atoms with Crippen molar-refractivity contribution in [1.29, 1.82) is 0 Å². The summed E-state index contributed by atoms with van der Waals surface area (Å²) >= 11 is 1.47. The molecule has 0 saturated heterocycles. The minimum Gasteiger partial charge on any atom is -0.494 e. The number of benzene rings is 1. The molecule has 0 unspecified atom stereocenters. The van der Waals surface area contributed by atoms with E-state index in [-0.39, 0.29) is 5.91 Å². The number of ether oxygens (including phenoxy) is 1. The minimum absolute atomic E-state index is 0.111. The van der Waals surface area contributed by atoms with Gasteiger partial charge in [0.25, 0.3) is 5.91 Å². The Morgan fingerprint density at radius 2 is 2.05 bits per heavy atom. The van der Waals surface area contributed by atoms with Crippen LogP contribution in [0.2, 0.25) is 0 Å². The first kappa shape index (κ1) is 14.5. The molecular weight excluding hydrogens is 272 g/mol. The maximum Gasteiger partial charge on any atom is 0.270 e. The molecule has 0 saturated carbocycles. The van der Waals surface area contributed by atoms with Gasteiger partial charge in [-0.15, -0.1) is 11.3 Å². The van der Waals surface area contributed by atoms with Gasteiger partial charge in [-0.3, -0.25) is 4.79 Å². The molecule has 0 aliphatic rings. The Hall–Kier alpha value is -1.88. The van der Waals surface area contributed by atoms with Crippen molar-refractivity contribution in [3.8, 4) is 16.3 Å². The van der Waals surface area contributed by atoms with Crippen LogP contribution in [0.4, 0.5) is 0 Å². The van der Waals surface area contributed by atoms with Gasteiger partial charge in [0.15, 0.2) is 0 Å². The molecule has 20 heavy (non-hydrogen) atoms. The molecule has 1 heterocycles. The molecule has 0 aliphatic heterocycles. The van der Waals surface area contributed by atoms with Crippen molar-refractivity contribution in [1.82, 2.24) is 10.3 Å². The van der Waals surface area contributed by atoms with Crippen LogP contribution in [-0.4, -0.2) is 24.0 Å². The normalized spacial score (nSPS) is 10.3. The van der Waals surface area contributed by atoms with E-state index in [1.807, 2.05) is 38.1 Å². The van der Waals surface area contributed by atoms with Crippen molar-refractivity contribution >= 4 is 17.2 Å². The van der Waals surface area contributed by atoms with E-state index in [9.17, 15) is 4.79 Å². The van der Waals surface area contributed by atoms with Crippen LogP contribution in [0.5, 0.6) is 5.75 Å². The van der Waals surface area contributed by atoms with Crippen LogP contribution < -0.4 is 10.1 Å². The summed E-state index contributed by atoms with van der Waals surface area (Å²) in [5, 5.41) is 5.46. The lowest BCUT2D eigenvalue weighted by Crippen LogP contribution is -2.24. The van der Waals surface area contributed by atoms with E-state index >= 15 is 0 Å². The van der Waals surface area contributed by atoms with Gasteiger partial charge in [0.2, 0.25) is 0 Å². The molecule has 0 radical (unpaired) electrons. The second-order valence-electron chi connectivity index (χ2n) is 4.25. The summed E-state index contributed by atoms with van der Waals surface area (Å²) in [7, 11) is 0. The van der Waals surface area contributed by atoms with Gasteiger partial charge in [-0.1, -0.05) is 6.92 Å². The number of hydrogen-bond acceptors (Lipinski definition) is 4. The Morgan fingerprint density at radius 1 is 1.30 bits per heavy atom. The number of amides is 1. The van der Waals surface area contributed by atoms with Gasteiger partial charge in [-0.05, 0) is 37.6 Å². The number of carbonyl (C=O) groups is 1. The maximum atomic E-state index is 11.8. The smallest absolute Gasteiger partial charge is 0.270 e. The fourth-order valence-corrected chi connectivity index (χ4v) is 2.51. The van der Waals surface area contributed by atoms with Crippen molar-refractivity contribution in [2.45, 2.75) is 20.3 Å². The van der Waals surface area contributed by atoms with Crippen LogP contribution >= 0.6 is 11.3 Å². The third-order valence-electron chi connectivity index (χ3n) is 2.68. The van der Waals surface area contributed by atoms with Crippen LogP contribution in [0.25, 0.3) is 10.6 Å². The van der Waals surface area contributed by atoms with E-state index in [0.717, 1.165) is 22.7 Å². The van der Waals surface area contributed by atoms with Crippen LogP contribution in [0.1, 0.15) is 30.8 Å². The molecule has 1 amide bonds. The number of nitrogens with zero attached hydrogens (tertiary/aromatic N) is 1. The standard InChI is InChI=1S/C15H18N2O2S/c1-3-9-16-14(18)13-10-20-15(17-13)11-5-7-12(8-6-11)19-4-2/h5-8,10H,3-4,9H2,1-2H3,(H,16,18). The fraction of sp³-hybridized carbons (Fsp3) is 0.333. The van der Waals surface area contributed by atoms with E-state index < -0.39 is 0 Å². The van der Waals surface area contributed by atoms with E-state index in [1.54, 1.807) is 5.38 Å². The quantitative estimate of drug-likeness (QED) is 0.887. The molecule has 106 valence electrons. The van der Waals surface area contributed by atoms with Gasteiger partial charge in [-0.25, -0.2) is 4.98 Å². The van der Waals surface area contributed by atoms with Crippen LogP contribution in [0.15, 0.2) is 29.6 Å². The molecule has 4 nitrogen and oxygen atoms in total. The number of nitrogens with one attached hydrogen (secondary N) is 1. The highest BCUT2D eigenvalue weighted by Crippen LogP contribution is 2.25. The fourth-order valence-electron chi connectivity index (χ4n) is 1.70. The molecule has 1 N–H and O–H groups in total. The average molecular weight is 290 g/mol. The van der Waals surface area contributed by atoms with Crippen molar-refractivity contribution in [3.05, 3.63) is 35.3 Å². The molecule has 1 aromatic carbocycles. The van der Waals surface area contributed by atoms with Gasteiger partial charge in [0.1, 0.15) is 16.5 Å². The number of rotatable bonds is 6. The molecule has 0 bridgehead atoms. The van der Waals surface area contributed by atoms with E-state index in [2.05, 4.69) is 10.3 Å². The highest BCUT2D eigenvalue weighted by molar-refractivity contribution is 7.13. The van der Waals surface area contributed by atoms with E-state index in [0.29, 0.717) is 18.8 Å². The number of aromatic nitrogens is 1. The summed E-state index contributed by atoms with van der Waals surface area (Å²) in [6.45, 7) is 5.30. The predicted octanol–water partition coefficient (Wildman–Crippen LogP) is 3.35. The SMILES string of the molecule is CCCNC(=O)c1csc(-c2ccc(OCC)cc2)n1. The zero-order valence-corrected chi connectivity index (χ0v) is 12.5. The summed E-state index contributed by atoms with van der Waals surface area (Å²) < 4.78 is 5.40. The topological polar surface area (TPSA) is 51.2 Å². The first-order valence-corrected chi connectivity index (χ1v) is 7.59. The lowest BCUT2D eigenvalue weighted by molar-refractivity contribution is 0.0949. The number of carbonyl (C=O) groups excluding carboxylic acids is 1. The van der Waals surface area contributed by atoms with Gasteiger partial charge < -0.3 is 10.1 Å². The predicted molar refractivity (Wildman–Crippen MR) is 81.3 cm³/mol. The van der Waals surface area contributed by atoms with Crippen LogP contribution in [0, 0.1) is 0 Å². The first-order valence-electron chi connectivity index (χ1n) is 6.71. The largest absolute Gasteiger partial charge is 0.494 e.